The highest BCUT2D eigenvalue weighted by Gasteiger charge is 2.35. The zero-order chi connectivity index (χ0) is 15.0. The van der Waals surface area contributed by atoms with Crippen LogP contribution in [0.25, 0.3) is 0 Å². The number of rotatable bonds is 2. The Morgan fingerprint density at radius 1 is 1.43 bits per heavy atom. The summed E-state index contributed by atoms with van der Waals surface area (Å²) in [7, 11) is 1.89. The van der Waals surface area contributed by atoms with Crippen molar-refractivity contribution in [1.29, 1.82) is 0 Å². The molecule has 7 nitrogen and oxygen atoms in total. The molecule has 112 valence electrons. The molecule has 0 spiro atoms. The van der Waals surface area contributed by atoms with Gasteiger partial charge in [0.2, 0.25) is 5.95 Å². The smallest absolute Gasteiger partial charge is 0.223 e. The van der Waals surface area contributed by atoms with Crippen LogP contribution in [-0.4, -0.2) is 39.4 Å². The molecule has 1 unspecified atom stereocenters. The standard InChI is InChI=1S/C13H17ClN6O/c1-13(9-6-16-19(2)7-9)8-20(3-4-21-13)11-5-10(14)17-12(15)18-11/h5-7H,3-4,8H2,1-2H3,(H2,15,17,18). The SMILES string of the molecule is Cn1cc(C2(C)CN(c3cc(Cl)nc(N)n3)CCO2)cn1. The topological polar surface area (TPSA) is 82.1 Å². The summed E-state index contributed by atoms with van der Waals surface area (Å²) in [4.78, 5) is 10.2. The van der Waals surface area contributed by atoms with Crippen molar-refractivity contribution in [2.24, 2.45) is 7.05 Å². The first-order chi connectivity index (χ1) is 9.96. The molecule has 1 fully saturated rings. The van der Waals surface area contributed by atoms with E-state index in [0.29, 0.717) is 24.1 Å². The molecule has 3 rings (SSSR count). The summed E-state index contributed by atoms with van der Waals surface area (Å²) in [5.74, 6) is 0.887. The van der Waals surface area contributed by atoms with Crippen molar-refractivity contribution < 1.29 is 4.74 Å². The van der Waals surface area contributed by atoms with Gasteiger partial charge in [-0.25, -0.2) is 4.98 Å². The lowest BCUT2D eigenvalue weighted by Crippen LogP contribution is -2.48. The maximum Gasteiger partial charge on any atom is 0.223 e. The Kier molecular flexibility index (Phi) is 3.46. The summed E-state index contributed by atoms with van der Waals surface area (Å²) in [5.41, 5.74) is 6.25. The largest absolute Gasteiger partial charge is 0.368 e. The lowest BCUT2D eigenvalue weighted by molar-refractivity contribution is -0.0468. The van der Waals surface area contributed by atoms with Crippen LogP contribution >= 0.6 is 11.6 Å². The van der Waals surface area contributed by atoms with Gasteiger partial charge in [0.25, 0.3) is 0 Å². The molecule has 0 aromatic carbocycles. The number of nitrogen functional groups attached to an aromatic ring is 1. The van der Waals surface area contributed by atoms with Crippen molar-refractivity contribution in [3.05, 3.63) is 29.2 Å². The molecule has 3 heterocycles. The van der Waals surface area contributed by atoms with Gasteiger partial charge in [0.05, 0.1) is 19.3 Å². The van der Waals surface area contributed by atoms with E-state index < -0.39 is 5.60 Å². The summed E-state index contributed by atoms with van der Waals surface area (Å²) < 4.78 is 7.74. The average Bonchev–Trinajstić information content (AvgIpc) is 2.85. The van der Waals surface area contributed by atoms with E-state index in [-0.39, 0.29) is 5.95 Å². The first-order valence-electron chi connectivity index (χ1n) is 6.64. The van der Waals surface area contributed by atoms with Gasteiger partial charge in [-0.05, 0) is 6.92 Å². The molecular formula is C13H17ClN6O. The van der Waals surface area contributed by atoms with Gasteiger partial charge in [-0.2, -0.15) is 10.1 Å². The molecule has 1 aliphatic rings. The first kappa shape index (κ1) is 14.1. The highest BCUT2D eigenvalue weighted by molar-refractivity contribution is 6.29. The molecule has 1 saturated heterocycles. The minimum atomic E-state index is -0.446. The van der Waals surface area contributed by atoms with E-state index in [0.717, 1.165) is 12.1 Å². The van der Waals surface area contributed by atoms with E-state index in [2.05, 4.69) is 20.0 Å². The number of anilines is 2. The predicted octanol–water partition coefficient (Wildman–Crippen LogP) is 1.20. The van der Waals surface area contributed by atoms with Gasteiger partial charge in [0.1, 0.15) is 16.6 Å². The molecule has 2 aromatic heterocycles. The van der Waals surface area contributed by atoms with E-state index in [1.54, 1.807) is 10.7 Å². The van der Waals surface area contributed by atoms with Crippen LogP contribution in [0.5, 0.6) is 0 Å². The molecule has 0 saturated carbocycles. The molecule has 8 heteroatoms. The Hall–Kier alpha value is -1.86. The van der Waals surface area contributed by atoms with E-state index in [4.69, 9.17) is 22.1 Å². The van der Waals surface area contributed by atoms with Crippen LogP contribution in [0.4, 0.5) is 11.8 Å². The van der Waals surface area contributed by atoms with Crippen LogP contribution in [0.1, 0.15) is 12.5 Å². The van der Waals surface area contributed by atoms with Gasteiger partial charge in [-0.15, -0.1) is 0 Å². The number of aryl methyl sites for hydroxylation is 1. The van der Waals surface area contributed by atoms with Crippen LogP contribution in [0.2, 0.25) is 5.15 Å². The number of nitrogens with zero attached hydrogens (tertiary/aromatic N) is 5. The molecule has 0 radical (unpaired) electrons. The predicted molar refractivity (Wildman–Crippen MR) is 80.2 cm³/mol. The average molecular weight is 309 g/mol. The summed E-state index contributed by atoms with van der Waals surface area (Å²) in [6.07, 6.45) is 3.79. The molecule has 21 heavy (non-hydrogen) atoms. The van der Waals surface area contributed by atoms with E-state index in [1.807, 2.05) is 26.4 Å². The summed E-state index contributed by atoms with van der Waals surface area (Å²) in [6.45, 7) is 4.00. The first-order valence-corrected chi connectivity index (χ1v) is 7.02. The Morgan fingerprint density at radius 3 is 2.90 bits per heavy atom. The maximum atomic E-state index is 5.97. The molecule has 2 N–H and O–H groups in total. The van der Waals surface area contributed by atoms with Crippen molar-refractivity contribution in [3.63, 3.8) is 0 Å². The summed E-state index contributed by atoms with van der Waals surface area (Å²) in [5, 5.41) is 4.55. The van der Waals surface area contributed by atoms with Gasteiger partial charge in [-0.3, -0.25) is 4.68 Å². The molecule has 0 bridgehead atoms. The molecule has 1 atom stereocenters. The summed E-state index contributed by atoms with van der Waals surface area (Å²) >= 11 is 5.96. The monoisotopic (exact) mass is 308 g/mol. The number of morpholine rings is 1. The Bertz CT molecular complexity index is 640. The molecular weight excluding hydrogens is 292 g/mol. The fourth-order valence-corrected chi connectivity index (χ4v) is 2.70. The molecule has 2 aromatic rings. The van der Waals surface area contributed by atoms with Gasteiger partial charge in [0, 0.05) is 31.4 Å². The summed E-state index contributed by atoms with van der Waals surface area (Å²) in [6, 6.07) is 1.72. The maximum absolute atomic E-state index is 5.97. The second kappa shape index (κ2) is 5.16. The lowest BCUT2D eigenvalue weighted by Gasteiger charge is -2.40. The van der Waals surface area contributed by atoms with Crippen LogP contribution in [0.3, 0.4) is 0 Å². The van der Waals surface area contributed by atoms with Crippen molar-refractivity contribution in [2.45, 2.75) is 12.5 Å². The van der Waals surface area contributed by atoms with Gasteiger partial charge in [0.15, 0.2) is 0 Å². The Labute approximate surface area is 127 Å². The van der Waals surface area contributed by atoms with Crippen molar-refractivity contribution in [2.75, 3.05) is 30.3 Å². The van der Waals surface area contributed by atoms with Crippen molar-refractivity contribution >= 4 is 23.4 Å². The third-order valence-electron chi connectivity index (χ3n) is 3.61. The Balaban J connectivity index is 1.88. The minimum Gasteiger partial charge on any atom is -0.368 e. The second-order valence-electron chi connectivity index (χ2n) is 5.31. The van der Waals surface area contributed by atoms with Crippen LogP contribution < -0.4 is 10.6 Å². The van der Waals surface area contributed by atoms with E-state index >= 15 is 0 Å². The Morgan fingerprint density at radius 2 is 2.24 bits per heavy atom. The quantitative estimate of drug-likeness (QED) is 0.839. The van der Waals surface area contributed by atoms with Crippen molar-refractivity contribution in [1.82, 2.24) is 19.7 Å². The van der Waals surface area contributed by atoms with Crippen LogP contribution in [0, 0.1) is 0 Å². The number of hydrogen-bond donors (Lipinski definition) is 1. The van der Waals surface area contributed by atoms with E-state index in [1.165, 1.54) is 0 Å². The number of nitrogens with two attached hydrogens (primary N) is 1. The minimum absolute atomic E-state index is 0.173. The zero-order valence-corrected chi connectivity index (χ0v) is 12.7. The van der Waals surface area contributed by atoms with Gasteiger partial charge >= 0.3 is 0 Å². The number of hydrogen-bond acceptors (Lipinski definition) is 6. The molecule has 0 amide bonds. The van der Waals surface area contributed by atoms with Gasteiger partial charge < -0.3 is 15.4 Å². The lowest BCUT2D eigenvalue weighted by atomic mass is 9.97. The normalized spacial score (nSPS) is 22.5. The third-order valence-corrected chi connectivity index (χ3v) is 3.81. The fourth-order valence-electron chi connectivity index (χ4n) is 2.52. The zero-order valence-electron chi connectivity index (χ0n) is 12.0. The highest BCUT2D eigenvalue weighted by atomic mass is 35.5. The molecule has 0 aliphatic carbocycles. The highest BCUT2D eigenvalue weighted by Crippen LogP contribution is 2.31. The number of halogens is 1. The van der Waals surface area contributed by atoms with E-state index in [9.17, 15) is 0 Å². The third kappa shape index (κ3) is 2.79. The van der Waals surface area contributed by atoms with Crippen LogP contribution in [-0.2, 0) is 17.4 Å². The molecule has 1 aliphatic heterocycles. The van der Waals surface area contributed by atoms with Crippen LogP contribution in [0.15, 0.2) is 18.5 Å². The number of ether oxygens (including phenoxy) is 1. The van der Waals surface area contributed by atoms with Crippen molar-refractivity contribution in [3.8, 4) is 0 Å². The second-order valence-corrected chi connectivity index (χ2v) is 5.70. The number of aromatic nitrogens is 4. The van der Waals surface area contributed by atoms with Gasteiger partial charge in [-0.1, -0.05) is 11.6 Å². The fraction of sp³-hybridized carbons (Fsp3) is 0.462.